The molecule has 2 heterocycles. The third-order valence-electron chi connectivity index (χ3n) is 2.71. The van der Waals surface area contributed by atoms with Crippen LogP contribution in [-0.2, 0) is 11.8 Å². The van der Waals surface area contributed by atoms with Crippen LogP contribution in [0.4, 0.5) is 0 Å². The first-order chi connectivity index (χ1) is 8.52. The molecule has 0 aliphatic heterocycles. The lowest BCUT2D eigenvalue weighted by Gasteiger charge is -2.02. The number of aryl methyl sites for hydroxylation is 3. The third-order valence-corrected chi connectivity index (χ3v) is 3.55. The second kappa shape index (κ2) is 4.93. The lowest BCUT2D eigenvalue weighted by Crippen LogP contribution is -2.19. The van der Waals surface area contributed by atoms with Gasteiger partial charge in [0, 0.05) is 14.1 Å². The Balaban J connectivity index is 2.36. The van der Waals surface area contributed by atoms with Gasteiger partial charge in [-0.05, 0) is 13.8 Å². The van der Waals surface area contributed by atoms with Crippen LogP contribution in [0.3, 0.4) is 0 Å². The van der Waals surface area contributed by atoms with E-state index >= 15 is 0 Å². The summed E-state index contributed by atoms with van der Waals surface area (Å²) in [6, 6.07) is 0. The van der Waals surface area contributed by atoms with E-state index in [4.69, 9.17) is 0 Å². The number of amides is 1. The lowest BCUT2D eigenvalue weighted by atomic mass is 10.4. The van der Waals surface area contributed by atoms with Crippen LogP contribution < -0.4 is 5.32 Å². The van der Waals surface area contributed by atoms with Crippen molar-refractivity contribution < 1.29 is 4.79 Å². The Bertz CT molecular complexity index is 607. The van der Waals surface area contributed by atoms with Crippen molar-refractivity contribution >= 4 is 28.8 Å². The first kappa shape index (κ1) is 12.8. The molecule has 1 amide bonds. The number of nitrogens with zero attached hydrogens (tertiary/aromatic N) is 4. The van der Waals surface area contributed by atoms with Crippen molar-refractivity contribution in [2.75, 3.05) is 12.8 Å². The van der Waals surface area contributed by atoms with Gasteiger partial charge < -0.3 is 9.88 Å². The molecular formula is C11H15N5OS. The Labute approximate surface area is 109 Å². The molecule has 2 aromatic heterocycles. The largest absolute Gasteiger partial charge is 0.358 e. The molecule has 2 rings (SSSR count). The van der Waals surface area contributed by atoms with Crippen LogP contribution in [0, 0.1) is 13.8 Å². The summed E-state index contributed by atoms with van der Waals surface area (Å²) in [5.41, 5.74) is 2.46. The number of fused-ring (bicyclic) bond motifs is 1. The van der Waals surface area contributed by atoms with E-state index in [9.17, 15) is 4.79 Å². The van der Waals surface area contributed by atoms with E-state index in [1.165, 1.54) is 11.8 Å². The molecule has 0 aromatic carbocycles. The molecule has 0 aliphatic rings. The maximum absolute atomic E-state index is 11.2. The Morgan fingerprint density at radius 3 is 2.72 bits per heavy atom. The minimum Gasteiger partial charge on any atom is -0.358 e. The fourth-order valence-electron chi connectivity index (χ4n) is 1.55. The SMILES string of the molecule is CNC(=O)CSc1nc(C)c2nc(C)n(C)c2n1. The second-order valence-electron chi connectivity index (χ2n) is 3.94. The van der Waals surface area contributed by atoms with Gasteiger partial charge in [0.15, 0.2) is 10.8 Å². The van der Waals surface area contributed by atoms with E-state index in [2.05, 4.69) is 20.3 Å². The molecule has 2 aromatic rings. The fourth-order valence-corrected chi connectivity index (χ4v) is 2.31. The van der Waals surface area contributed by atoms with Crippen molar-refractivity contribution in [2.24, 2.45) is 7.05 Å². The number of carbonyl (C=O) groups excluding carboxylic acids is 1. The average molecular weight is 265 g/mol. The highest BCUT2D eigenvalue weighted by atomic mass is 32.2. The molecule has 6 nitrogen and oxygen atoms in total. The van der Waals surface area contributed by atoms with Gasteiger partial charge in [0.1, 0.15) is 11.3 Å². The van der Waals surface area contributed by atoms with Crippen molar-refractivity contribution in [1.29, 1.82) is 0 Å². The van der Waals surface area contributed by atoms with Gasteiger partial charge in [0.05, 0.1) is 11.4 Å². The zero-order chi connectivity index (χ0) is 13.3. The van der Waals surface area contributed by atoms with E-state index in [1.807, 2.05) is 25.5 Å². The Morgan fingerprint density at radius 2 is 2.06 bits per heavy atom. The number of nitrogens with one attached hydrogen (secondary N) is 1. The van der Waals surface area contributed by atoms with E-state index in [1.54, 1.807) is 7.05 Å². The molecule has 1 N–H and O–H groups in total. The van der Waals surface area contributed by atoms with E-state index in [0.717, 1.165) is 22.7 Å². The predicted molar refractivity (Wildman–Crippen MR) is 70.6 cm³/mol. The molecule has 0 radical (unpaired) electrons. The van der Waals surface area contributed by atoms with Gasteiger partial charge in [-0.3, -0.25) is 4.79 Å². The molecule has 0 saturated heterocycles. The van der Waals surface area contributed by atoms with Gasteiger partial charge >= 0.3 is 0 Å². The topological polar surface area (TPSA) is 72.7 Å². The van der Waals surface area contributed by atoms with Crippen molar-refractivity contribution in [1.82, 2.24) is 24.8 Å². The molecule has 0 unspecified atom stereocenters. The summed E-state index contributed by atoms with van der Waals surface area (Å²) in [7, 11) is 3.53. The van der Waals surface area contributed by atoms with Crippen molar-refractivity contribution in [3.05, 3.63) is 11.5 Å². The third kappa shape index (κ3) is 2.31. The first-order valence-corrected chi connectivity index (χ1v) is 6.52. The van der Waals surface area contributed by atoms with Crippen LogP contribution in [0.25, 0.3) is 11.2 Å². The van der Waals surface area contributed by atoms with Crippen LogP contribution >= 0.6 is 11.8 Å². The molecule has 0 aliphatic carbocycles. The molecular weight excluding hydrogens is 250 g/mol. The van der Waals surface area contributed by atoms with Gasteiger partial charge in [-0.1, -0.05) is 11.8 Å². The van der Waals surface area contributed by atoms with Crippen molar-refractivity contribution in [2.45, 2.75) is 19.0 Å². The van der Waals surface area contributed by atoms with Crippen LogP contribution in [0.2, 0.25) is 0 Å². The predicted octanol–water partition coefficient (Wildman–Crippen LogP) is 0.818. The zero-order valence-corrected chi connectivity index (χ0v) is 11.6. The average Bonchev–Trinajstić information content (AvgIpc) is 2.64. The quantitative estimate of drug-likeness (QED) is 0.657. The number of hydrogen-bond acceptors (Lipinski definition) is 5. The highest BCUT2D eigenvalue weighted by Gasteiger charge is 2.12. The number of rotatable bonds is 3. The summed E-state index contributed by atoms with van der Waals surface area (Å²) in [4.78, 5) is 24.4. The van der Waals surface area contributed by atoms with E-state index in [-0.39, 0.29) is 5.91 Å². The zero-order valence-electron chi connectivity index (χ0n) is 10.8. The van der Waals surface area contributed by atoms with E-state index in [0.29, 0.717) is 10.9 Å². The number of aromatic nitrogens is 4. The van der Waals surface area contributed by atoms with Gasteiger partial charge in [-0.2, -0.15) is 0 Å². The number of hydrogen-bond donors (Lipinski definition) is 1. The van der Waals surface area contributed by atoms with Crippen LogP contribution in [0.15, 0.2) is 5.16 Å². The maximum atomic E-state index is 11.2. The summed E-state index contributed by atoms with van der Waals surface area (Å²) in [6.07, 6.45) is 0. The van der Waals surface area contributed by atoms with Crippen molar-refractivity contribution in [3.8, 4) is 0 Å². The Morgan fingerprint density at radius 1 is 1.33 bits per heavy atom. The molecule has 0 atom stereocenters. The summed E-state index contributed by atoms with van der Waals surface area (Å²) >= 11 is 1.32. The standard InChI is InChI=1S/C11H15N5OS/c1-6-9-10(16(4)7(2)14-9)15-11(13-6)18-5-8(17)12-3/h5H2,1-4H3,(H,12,17). The van der Waals surface area contributed by atoms with Gasteiger partial charge in [-0.25, -0.2) is 15.0 Å². The maximum Gasteiger partial charge on any atom is 0.230 e. The van der Waals surface area contributed by atoms with Crippen molar-refractivity contribution in [3.63, 3.8) is 0 Å². The minimum atomic E-state index is -0.0393. The molecule has 18 heavy (non-hydrogen) atoms. The number of thioether (sulfide) groups is 1. The summed E-state index contributed by atoms with van der Waals surface area (Å²) in [6.45, 7) is 3.83. The highest BCUT2D eigenvalue weighted by Crippen LogP contribution is 2.20. The Kier molecular flexibility index (Phi) is 3.51. The van der Waals surface area contributed by atoms with Crippen LogP contribution in [0.5, 0.6) is 0 Å². The van der Waals surface area contributed by atoms with Gasteiger partial charge in [-0.15, -0.1) is 0 Å². The lowest BCUT2D eigenvalue weighted by molar-refractivity contribution is -0.118. The van der Waals surface area contributed by atoms with E-state index < -0.39 is 0 Å². The number of carbonyl (C=O) groups is 1. The second-order valence-corrected chi connectivity index (χ2v) is 4.89. The fraction of sp³-hybridized carbons (Fsp3) is 0.455. The Hall–Kier alpha value is -1.63. The van der Waals surface area contributed by atoms with Gasteiger partial charge in [0.2, 0.25) is 5.91 Å². The van der Waals surface area contributed by atoms with Gasteiger partial charge in [0.25, 0.3) is 0 Å². The summed E-state index contributed by atoms with van der Waals surface area (Å²) in [5.74, 6) is 1.18. The minimum absolute atomic E-state index is 0.0393. The molecule has 7 heteroatoms. The number of imidazole rings is 1. The summed E-state index contributed by atoms with van der Waals surface area (Å²) in [5, 5.41) is 3.17. The molecule has 0 saturated carbocycles. The molecule has 0 spiro atoms. The molecule has 0 bridgehead atoms. The summed E-state index contributed by atoms with van der Waals surface area (Å²) < 4.78 is 1.92. The normalized spacial score (nSPS) is 10.9. The highest BCUT2D eigenvalue weighted by molar-refractivity contribution is 7.99. The molecule has 0 fully saturated rings. The van der Waals surface area contributed by atoms with Crippen LogP contribution in [0.1, 0.15) is 11.5 Å². The smallest absolute Gasteiger partial charge is 0.230 e. The first-order valence-electron chi connectivity index (χ1n) is 5.54. The monoisotopic (exact) mass is 265 g/mol. The molecule has 96 valence electrons. The van der Waals surface area contributed by atoms with Crippen LogP contribution in [-0.4, -0.2) is 38.2 Å².